The number of carbonyl (C=O) groups excluding carboxylic acids is 1. The molecule has 0 amide bonds. The SMILES string of the molecule is C=C(CBr)C(C)(O)C(=O)OC. The van der Waals surface area contributed by atoms with Crippen molar-refractivity contribution in [1.82, 2.24) is 0 Å². The monoisotopic (exact) mass is 222 g/mol. The van der Waals surface area contributed by atoms with Gasteiger partial charge in [0.25, 0.3) is 0 Å². The van der Waals surface area contributed by atoms with Gasteiger partial charge in [0.05, 0.1) is 7.11 Å². The molecule has 0 aliphatic heterocycles. The maximum absolute atomic E-state index is 10.9. The van der Waals surface area contributed by atoms with Crippen molar-refractivity contribution in [3.63, 3.8) is 0 Å². The van der Waals surface area contributed by atoms with Crippen LogP contribution in [0.1, 0.15) is 6.92 Å². The Morgan fingerprint density at radius 1 is 1.82 bits per heavy atom. The second-order valence-corrected chi connectivity index (χ2v) is 2.86. The lowest BCUT2D eigenvalue weighted by Gasteiger charge is -2.20. The summed E-state index contributed by atoms with van der Waals surface area (Å²) in [5.41, 5.74) is -1.21. The van der Waals surface area contributed by atoms with Crippen LogP contribution >= 0.6 is 15.9 Å². The van der Waals surface area contributed by atoms with Crippen molar-refractivity contribution in [3.8, 4) is 0 Å². The van der Waals surface area contributed by atoms with Crippen molar-refractivity contribution in [2.75, 3.05) is 12.4 Å². The first-order chi connectivity index (χ1) is 4.96. The van der Waals surface area contributed by atoms with Crippen LogP contribution in [0.2, 0.25) is 0 Å². The lowest BCUT2D eigenvalue weighted by Crippen LogP contribution is -2.38. The topological polar surface area (TPSA) is 46.5 Å². The summed E-state index contributed by atoms with van der Waals surface area (Å²) in [6.07, 6.45) is 0. The first-order valence-electron chi connectivity index (χ1n) is 3.01. The van der Waals surface area contributed by atoms with Crippen molar-refractivity contribution in [1.29, 1.82) is 0 Å². The molecule has 0 aromatic heterocycles. The Morgan fingerprint density at radius 3 is 2.55 bits per heavy atom. The van der Waals surface area contributed by atoms with E-state index >= 15 is 0 Å². The predicted molar refractivity (Wildman–Crippen MR) is 45.6 cm³/mol. The van der Waals surface area contributed by atoms with E-state index in [0.29, 0.717) is 10.9 Å². The molecule has 1 atom stereocenters. The van der Waals surface area contributed by atoms with Crippen LogP contribution in [0.25, 0.3) is 0 Å². The minimum atomic E-state index is -1.59. The smallest absolute Gasteiger partial charge is 0.341 e. The van der Waals surface area contributed by atoms with Crippen molar-refractivity contribution >= 4 is 21.9 Å². The number of alkyl halides is 1. The molecule has 4 heteroatoms. The van der Waals surface area contributed by atoms with Crippen LogP contribution in [0.5, 0.6) is 0 Å². The molecule has 0 saturated heterocycles. The summed E-state index contributed by atoms with van der Waals surface area (Å²) in [7, 11) is 1.22. The number of methoxy groups -OCH3 is 1. The second-order valence-electron chi connectivity index (χ2n) is 2.30. The van der Waals surface area contributed by atoms with Gasteiger partial charge < -0.3 is 9.84 Å². The van der Waals surface area contributed by atoms with Crippen molar-refractivity contribution < 1.29 is 14.6 Å². The Labute approximate surface area is 74.2 Å². The van der Waals surface area contributed by atoms with E-state index in [1.807, 2.05) is 0 Å². The number of hydrogen-bond acceptors (Lipinski definition) is 3. The molecule has 64 valence electrons. The highest BCUT2D eigenvalue weighted by molar-refractivity contribution is 9.09. The van der Waals surface area contributed by atoms with Gasteiger partial charge >= 0.3 is 5.97 Å². The number of carbonyl (C=O) groups is 1. The molecule has 1 N–H and O–H groups in total. The fraction of sp³-hybridized carbons (Fsp3) is 0.571. The summed E-state index contributed by atoms with van der Waals surface area (Å²) in [6.45, 7) is 4.87. The van der Waals surface area contributed by atoms with Gasteiger partial charge in [-0.25, -0.2) is 4.79 Å². The minimum absolute atomic E-state index is 0.370. The molecule has 0 spiro atoms. The summed E-state index contributed by atoms with van der Waals surface area (Å²) in [6, 6.07) is 0. The lowest BCUT2D eigenvalue weighted by atomic mass is 9.99. The van der Waals surface area contributed by atoms with Crippen LogP contribution in [0.15, 0.2) is 12.2 Å². The summed E-state index contributed by atoms with van der Waals surface area (Å²) < 4.78 is 4.37. The highest BCUT2D eigenvalue weighted by atomic mass is 79.9. The van der Waals surface area contributed by atoms with Gasteiger partial charge in [-0.3, -0.25) is 0 Å². The Morgan fingerprint density at radius 2 is 2.27 bits per heavy atom. The molecule has 3 nitrogen and oxygen atoms in total. The quantitative estimate of drug-likeness (QED) is 0.438. The molecule has 0 fully saturated rings. The molecule has 0 heterocycles. The van der Waals surface area contributed by atoms with E-state index in [9.17, 15) is 9.90 Å². The maximum Gasteiger partial charge on any atom is 0.341 e. The van der Waals surface area contributed by atoms with Gasteiger partial charge in [-0.1, -0.05) is 22.5 Å². The molecule has 0 aliphatic carbocycles. The third-order valence-electron chi connectivity index (χ3n) is 1.43. The van der Waals surface area contributed by atoms with Crippen LogP contribution < -0.4 is 0 Å². The first-order valence-corrected chi connectivity index (χ1v) is 4.14. The fourth-order valence-corrected chi connectivity index (χ4v) is 1.02. The number of halogens is 1. The number of aliphatic hydroxyl groups is 1. The average molecular weight is 223 g/mol. The zero-order valence-corrected chi connectivity index (χ0v) is 8.14. The van der Waals surface area contributed by atoms with Crippen molar-refractivity contribution in [3.05, 3.63) is 12.2 Å². The Hall–Kier alpha value is -0.350. The summed E-state index contributed by atoms with van der Waals surface area (Å²) in [5.74, 6) is -0.693. The average Bonchev–Trinajstić information content (AvgIpc) is 2.01. The highest BCUT2D eigenvalue weighted by Gasteiger charge is 2.33. The van der Waals surface area contributed by atoms with Crippen molar-refractivity contribution in [2.45, 2.75) is 12.5 Å². The van der Waals surface area contributed by atoms with Gasteiger partial charge in [0, 0.05) is 5.33 Å². The Kier molecular flexibility index (Phi) is 3.75. The zero-order chi connectivity index (χ0) is 9.07. The number of rotatable bonds is 3. The molecular formula is C7H11BrO3. The summed E-state index contributed by atoms with van der Waals surface area (Å²) >= 11 is 3.08. The molecule has 0 bridgehead atoms. The predicted octanol–water partition coefficient (Wildman–Crippen LogP) is 0.862. The third-order valence-corrected chi connectivity index (χ3v) is 2.11. The van der Waals surface area contributed by atoms with Crippen LogP contribution in [0, 0.1) is 0 Å². The van der Waals surface area contributed by atoms with E-state index in [1.54, 1.807) is 0 Å². The Balaban J connectivity index is 4.44. The number of hydrogen-bond donors (Lipinski definition) is 1. The zero-order valence-electron chi connectivity index (χ0n) is 6.56. The molecule has 1 unspecified atom stereocenters. The van der Waals surface area contributed by atoms with E-state index in [4.69, 9.17) is 0 Å². The third kappa shape index (κ3) is 2.31. The molecule has 11 heavy (non-hydrogen) atoms. The normalized spacial score (nSPS) is 15.3. The van der Waals surface area contributed by atoms with E-state index in [2.05, 4.69) is 27.2 Å². The molecule has 0 saturated carbocycles. The van der Waals surface area contributed by atoms with Gasteiger partial charge in [-0.05, 0) is 12.5 Å². The van der Waals surface area contributed by atoms with Gasteiger partial charge in [0.2, 0.25) is 0 Å². The molecule has 0 radical (unpaired) electrons. The highest BCUT2D eigenvalue weighted by Crippen LogP contribution is 2.17. The van der Waals surface area contributed by atoms with Gasteiger partial charge in [0.15, 0.2) is 5.60 Å². The second kappa shape index (κ2) is 3.88. The van der Waals surface area contributed by atoms with E-state index in [1.165, 1.54) is 14.0 Å². The fourth-order valence-electron chi connectivity index (χ4n) is 0.473. The first kappa shape index (κ1) is 10.7. The van der Waals surface area contributed by atoms with Gasteiger partial charge in [0.1, 0.15) is 0 Å². The van der Waals surface area contributed by atoms with Crippen LogP contribution in [0.4, 0.5) is 0 Å². The molecule has 0 aromatic carbocycles. The van der Waals surface area contributed by atoms with Crippen LogP contribution in [0.3, 0.4) is 0 Å². The van der Waals surface area contributed by atoms with Gasteiger partial charge in [-0.2, -0.15) is 0 Å². The molecule has 0 aromatic rings. The number of esters is 1. The molecular weight excluding hydrogens is 212 g/mol. The largest absolute Gasteiger partial charge is 0.467 e. The summed E-state index contributed by atoms with van der Waals surface area (Å²) in [4.78, 5) is 10.9. The van der Waals surface area contributed by atoms with Crippen molar-refractivity contribution in [2.24, 2.45) is 0 Å². The standard InChI is InChI=1S/C7H11BrO3/c1-5(4-8)7(2,10)6(9)11-3/h10H,1,4H2,2-3H3. The van der Waals surface area contributed by atoms with E-state index in [-0.39, 0.29) is 0 Å². The minimum Gasteiger partial charge on any atom is -0.467 e. The summed E-state index contributed by atoms with van der Waals surface area (Å²) in [5, 5.41) is 9.82. The van der Waals surface area contributed by atoms with E-state index < -0.39 is 11.6 Å². The van der Waals surface area contributed by atoms with Crippen LogP contribution in [-0.2, 0) is 9.53 Å². The molecule has 0 rings (SSSR count). The Bertz CT molecular complexity index is 157. The van der Waals surface area contributed by atoms with Crippen LogP contribution in [-0.4, -0.2) is 29.1 Å². The van der Waals surface area contributed by atoms with E-state index in [0.717, 1.165) is 0 Å². The lowest BCUT2D eigenvalue weighted by molar-refractivity contribution is -0.156. The molecule has 0 aliphatic rings. The maximum atomic E-state index is 10.9. The number of ether oxygens (including phenoxy) is 1. The van der Waals surface area contributed by atoms with Gasteiger partial charge in [-0.15, -0.1) is 0 Å².